The molecule has 0 bridgehead atoms. The highest BCUT2D eigenvalue weighted by molar-refractivity contribution is 7.19. The predicted octanol–water partition coefficient (Wildman–Crippen LogP) is 4.17. The summed E-state index contributed by atoms with van der Waals surface area (Å²) >= 11 is 1.18. The van der Waals surface area contributed by atoms with E-state index in [0.717, 1.165) is 31.5 Å². The van der Waals surface area contributed by atoms with Crippen LogP contribution in [0, 0.1) is 5.82 Å². The first-order chi connectivity index (χ1) is 11.8. The fraction of sp³-hybridized carbons (Fsp3) is 0.438. The van der Waals surface area contributed by atoms with Gasteiger partial charge in [0.05, 0.1) is 11.7 Å². The lowest BCUT2D eigenvalue weighted by molar-refractivity contribution is -0.137. The highest BCUT2D eigenvalue weighted by Crippen LogP contribution is 2.41. The van der Waals surface area contributed by atoms with Crippen LogP contribution in [0.3, 0.4) is 0 Å². The number of methoxy groups -OCH3 is 1. The first-order valence-electron chi connectivity index (χ1n) is 7.70. The van der Waals surface area contributed by atoms with Crippen molar-refractivity contribution in [2.24, 2.45) is 0 Å². The number of thiazole rings is 1. The van der Waals surface area contributed by atoms with Gasteiger partial charge >= 0.3 is 6.18 Å². The summed E-state index contributed by atoms with van der Waals surface area (Å²) < 4.78 is 58.1. The molecule has 3 rings (SSSR count). The van der Waals surface area contributed by atoms with E-state index < -0.39 is 17.6 Å². The number of hydrogen-bond acceptors (Lipinski definition) is 5. The first kappa shape index (κ1) is 17.9. The standard InChI is InChI=1S/C16H17F4N3OS/c1-24-12-3-2-4-23(8-12)14-13(22-15(21)25-14)9-5-10(16(18,19)20)7-11(17)6-9/h5-7,12H,2-4,8H2,1H3,(H2,21,22)/t12-/m0/s1. The number of alkyl halides is 3. The van der Waals surface area contributed by atoms with Crippen LogP contribution in [0.5, 0.6) is 0 Å². The molecule has 0 amide bonds. The van der Waals surface area contributed by atoms with Crippen LogP contribution >= 0.6 is 11.3 Å². The topological polar surface area (TPSA) is 51.4 Å². The smallest absolute Gasteiger partial charge is 0.380 e. The van der Waals surface area contributed by atoms with Crippen LogP contribution in [0.15, 0.2) is 18.2 Å². The van der Waals surface area contributed by atoms with E-state index in [1.54, 1.807) is 7.11 Å². The molecule has 1 atom stereocenters. The minimum Gasteiger partial charge on any atom is -0.380 e. The zero-order valence-electron chi connectivity index (χ0n) is 13.4. The average molecular weight is 375 g/mol. The quantitative estimate of drug-likeness (QED) is 0.819. The van der Waals surface area contributed by atoms with Crippen molar-refractivity contribution in [1.29, 1.82) is 0 Å². The third-order valence-electron chi connectivity index (χ3n) is 4.12. The summed E-state index contributed by atoms with van der Waals surface area (Å²) in [6.45, 7) is 1.31. The van der Waals surface area contributed by atoms with Gasteiger partial charge in [0.1, 0.15) is 16.5 Å². The molecule has 0 aliphatic carbocycles. The number of piperidine rings is 1. The maximum atomic E-state index is 13.8. The molecule has 0 unspecified atom stereocenters. The number of benzene rings is 1. The van der Waals surface area contributed by atoms with Gasteiger partial charge in [-0.25, -0.2) is 9.37 Å². The van der Waals surface area contributed by atoms with Crippen molar-refractivity contribution >= 4 is 21.5 Å². The van der Waals surface area contributed by atoms with Gasteiger partial charge in [-0.1, -0.05) is 11.3 Å². The molecule has 1 aliphatic heterocycles. The van der Waals surface area contributed by atoms with Crippen LogP contribution in [-0.4, -0.2) is 31.3 Å². The van der Waals surface area contributed by atoms with Crippen molar-refractivity contribution in [1.82, 2.24) is 4.98 Å². The van der Waals surface area contributed by atoms with E-state index in [0.29, 0.717) is 17.6 Å². The van der Waals surface area contributed by atoms with Crippen LogP contribution in [0.25, 0.3) is 11.3 Å². The molecule has 136 valence electrons. The van der Waals surface area contributed by atoms with Gasteiger partial charge in [-0.2, -0.15) is 13.2 Å². The second kappa shape index (κ2) is 6.80. The van der Waals surface area contributed by atoms with Gasteiger partial charge in [0.15, 0.2) is 5.13 Å². The monoisotopic (exact) mass is 375 g/mol. The molecule has 4 nitrogen and oxygen atoms in total. The van der Waals surface area contributed by atoms with Gasteiger partial charge in [0.25, 0.3) is 0 Å². The molecule has 1 saturated heterocycles. The Morgan fingerprint density at radius 2 is 2.08 bits per heavy atom. The van der Waals surface area contributed by atoms with Gasteiger partial charge in [0, 0.05) is 25.8 Å². The molecule has 9 heteroatoms. The molecular weight excluding hydrogens is 358 g/mol. The summed E-state index contributed by atoms with van der Waals surface area (Å²) in [5, 5.41) is 0.861. The number of nitrogens with two attached hydrogens (primary N) is 1. The molecule has 25 heavy (non-hydrogen) atoms. The molecule has 1 aromatic carbocycles. The average Bonchev–Trinajstić information content (AvgIpc) is 2.95. The number of hydrogen-bond donors (Lipinski definition) is 1. The third-order valence-corrected chi connectivity index (χ3v) is 5.07. The van der Waals surface area contributed by atoms with Crippen LogP contribution < -0.4 is 10.6 Å². The summed E-state index contributed by atoms with van der Waals surface area (Å²) in [7, 11) is 1.62. The molecule has 1 aliphatic rings. The summed E-state index contributed by atoms with van der Waals surface area (Å²) in [6, 6.07) is 2.42. The van der Waals surface area contributed by atoms with Crippen LogP contribution in [0.2, 0.25) is 0 Å². The lowest BCUT2D eigenvalue weighted by atomic mass is 10.1. The number of aromatic nitrogens is 1. The SMILES string of the molecule is CO[C@H]1CCCN(c2sc(N)nc2-c2cc(F)cc(C(F)(F)F)c2)C1. The van der Waals surface area contributed by atoms with E-state index in [4.69, 9.17) is 10.5 Å². The Bertz CT molecular complexity index is 762. The van der Waals surface area contributed by atoms with E-state index in [9.17, 15) is 17.6 Å². The Morgan fingerprint density at radius 1 is 1.32 bits per heavy atom. The minimum absolute atomic E-state index is 0.0307. The van der Waals surface area contributed by atoms with Crippen molar-refractivity contribution in [3.05, 3.63) is 29.6 Å². The lowest BCUT2D eigenvalue weighted by Gasteiger charge is -2.33. The van der Waals surface area contributed by atoms with Crippen molar-refractivity contribution in [2.45, 2.75) is 25.1 Å². The maximum absolute atomic E-state index is 13.8. The Hall–Kier alpha value is -1.87. The van der Waals surface area contributed by atoms with E-state index in [1.807, 2.05) is 4.90 Å². The summed E-state index contributed by atoms with van der Waals surface area (Å²) in [6.07, 6.45) is -2.81. The number of anilines is 2. The fourth-order valence-corrected chi connectivity index (χ4v) is 3.83. The third kappa shape index (κ3) is 3.87. The highest BCUT2D eigenvalue weighted by Gasteiger charge is 2.32. The maximum Gasteiger partial charge on any atom is 0.416 e. The van der Waals surface area contributed by atoms with Gasteiger partial charge in [-0.05, 0) is 31.0 Å². The van der Waals surface area contributed by atoms with E-state index in [2.05, 4.69) is 4.98 Å². The fourth-order valence-electron chi connectivity index (χ4n) is 2.94. The molecule has 1 fully saturated rings. The normalized spacial score (nSPS) is 18.6. The van der Waals surface area contributed by atoms with Crippen molar-refractivity contribution < 1.29 is 22.3 Å². The molecule has 1 aromatic heterocycles. The second-order valence-electron chi connectivity index (χ2n) is 5.88. The largest absolute Gasteiger partial charge is 0.416 e. The molecule has 0 radical (unpaired) electrons. The van der Waals surface area contributed by atoms with Gasteiger partial charge in [-0.15, -0.1) is 0 Å². The lowest BCUT2D eigenvalue weighted by Crippen LogP contribution is -2.39. The molecule has 2 N–H and O–H groups in total. The Balaban J connectivity index is 2.03. The van der Waals surface area contributed by atoms with Gasteiger partial charge < -0.3 is 15.4 Å². The Morgan fingerprint density at radius 3 is 2.76 bits per heavy atom. The van der Waals surface area contributed by atoms with Crippen molar-refractivity contribution in [3.63, 3.8) is 0 Å². The van der Waals surface area contributed by atoms with Crippen molar-refractivity contribution in [2.75, 3.05) is 30.8 Å². The summed E-state index contributed by atoms with van der Waals surface area (Å²) in [5.74, 6) is -0.962. The summed E-state index contributed by atoms with van der Waals surface area (Å²) in [4.78, 5) is 6.14. The minimum atomic E-state index is -4.63. The van der Waals surface area contributed by atoms with E-state index in [1.165, 1.54) is 11.3 Å². The molecule has 2 heterocycles. The molecule has 0 spiro atoms. The highest BCUT2D eigenvalue weighted by atomic mass is 32.1. The molecular formula is C16H17F4N3OS. The van der Waals surface area contributed by atoms with Gasteiger partial charge in [-0.3, -0.25) is 0 Å². The van der Waals surface area contributed by atoms with Crippen LogP contribution in [0.4, 0.5) is 27.7 Å². The van der Waals surface area contributed by atoms with E-state index in [-0.39, 0.29) is 22.5 Å². The number of nitrogens with zero attached hydrogens (tertiary/aromatic N) is 2. The van der Waals surface area contributed by atoms with E-state index >= 15 is 0 Å². The number of rotatable bonds is 3. The molecule has 0 saturated carbocycles. The Kier molecular flexibility index (Phi) is 4.88. The zero-order valence-corrected chi connectivity index (χ0v) is 14.3. The van der Waals surface area contributed by atoms with Crippen molar-refractivity contribution in [3.8, 4) is 11.3 Å². The summed E-state index contributed by atoms with van der Waals surface area (Å²) in [5.41, 5.74) is 5.07. The second-order valence-corrected chi connectivity index (χ2v) is 6.89. The van der Waals surface area contributed by atoms with Crippen LogP contribution in [-0.2, 0) is 10.9 Å². The van der Waals surface area contributed by atoms with Crippen LogP contribution in [0.1, 0.15) is 18.4 Å². The Labute approximate surface area is 146 Å². The van der Waals surface area contributed by atoms with Gasteiger partial charge in [0.2, 0.25) is 0 Å². The molecule has 2 aromatic rings. The number of ether oxygens (including phenoxy) is 1. The number of nitrogen functional groups attached to an aromatic ring is 1. The number of halogens is 4. The first-order valence-corrected chi connectivity index (χ1v) is 8.52. The predicted molar refractivity (Wildman–Crippen MR) is 89.2 cm³/mol. The zero-order chi connectivity index (χ0) is 18.2.